The van der Waals surface area contributed by atoms with Gasteiger partial charge in [0.1, 0.15) is 5.82 Å². The second kappa shape index (κ2) is 5.92. The summed E-state index contributed by atoms with van der Waals surface area (Å²) in [6, 6.07) is 15.8. The zero-order chi connectivity index (χ0) is 14.8. The maximum absolute atomic E-state index is 6.23. The van der Waals surface area contributed by atoms with Crippen LogP contribution in [0.25, 0.3) is 11.3 Å². The molecule has 0 amide bonds. The average Bonchev–Trinajstić information content (AvgIpc) is 2.86. The summed E-state index contributed by atoms with van der Waals surface area (Å²) in [5, 5.41) is 1.16. The largest absolute Gasteiger partial charge is 0.345 e. The molecule has 0 unspecified atom stereocenters. The van der Waals surface area contributed by atoms with Crippen molar-refractivity contribution < 1.29 is 0 Å². The van der Waals surface area contributed by atoms with Gasteiger partial charge in [-0.2, -0.15) is 0 Å². The minimum Gasteiger partial charge on any atom is -0.345 e. The summed E-state index contributed by atoms with van der Waals surface area (Å²) < 4.78 is 0. The molecule has 2 nitrogen and oxygen atoms in total. The Hall–Kier alpha value is -1.77. The van der Waals surface area contributed by atoms with Gasteiger partial charge in [0.2, 0.25) is 0 Å². The van der Waals surface area contributed by atoms with E-state index in [4.69, 9.17) is 23.2 Å². The Kier molecular flexibility index (Phi) is 4.00. The van der Waals surface area contributed by atoms with E-state index < -0.39 is 0 Å². The minimum absolute atomic E-state index is 0.570. The van der Waals surface area contributed by atoms with Crippen LogP contribution in [0.2, 0.25) is 10.0 Å². The summed E-state index contributed by atoms with van der Waals surface area (Å²) in [5.41, 5.74) is 4.10. The zero-order valence-corrected chi connectivity index (χ0v) is 13.0. The molecule has 106 valence electrons. The maximum Gasteiger partial charge on any atom is 0.111 e. The van der Waals surface area contributed by atoms with Gasteiger partial charge >= 0.3 is 0 Å². The highest BCUT2D eigenvalue weighted by atomic mass is 35.5. The summed E-state index contributed by atoms with van der Waals surface area (Å²) in [7, 11) is 0. The lowest BCUT2D eigenvalue weighted by molar-refractivity contribution is 1.02. The summed E-state index contributed by atoms with van der Waals surface area (Å²) in [5.74, 6) is 0.885. The molecule has 3 aromatic rings. The molecule has 1 N–H and O–H groups in total. The number of nitrogens with zero attached hydrogens (tertiary/aromatic N) is 1. The van der Waals surface area contributed by atoms with E-state index >= 15 is 0 Å². The van der Waals surface area contributed by atoms with E-state index in [-0.39, 0.29) is 0 Å². The molecule has 0 radical (unpaired) electrons. The highest BCUT2D eigenvalue weighted by Crippen LogP contribution is 2.28. The molecule has 1 heterocycles. The van der Waals surface area contributed by atoms with Crippen LogP contribution in [0.3, 0.4) is 0 Å². The van der Waals surface area contributed by atoms with Crippen LogP contribution in [0.5, 0.6) is 0 Å². The second-order valence-corrected chi connectivity index (χ2v) is 5.70. The molecular formula is C17H14Cl2N2. The standard InChI is InChI=1S/C17H14Cl2N2/c1-11-17(12-6-3-2-4-7-12)21-15(20-11)10-13-8-5-9-14(18)16(13)19/h2-9H,10H2,1H3,(H,20,21). The highest BCUT2D eigenvalue weighted by molar-refractivity contribution is 6.42. The first-order valence-corrected chi connectivity index (χ1v) is 7.44. The van der Waals surface area contributed by atoms with Crippen molar-refractivity contribution in [3.63, 3.8) is 0 Å². The first kappa shape index (κ1) is 14.2. The molecule has 0 spiro atoms. The summed E-state index contributed by atoms with van der Waals surface area (Å²) >= 11 is 12.3. The molecule has 0 saturated carbocycles. The van der Waals surface area contributed by atoms with E-state index in [1.165, 1.54) is 0 Å². The highest BCUT2D eigenvalue weighted by Gasteiger charge is 2.11. The second-order valence-electron chi connectivity index (χ2n) is 4.91. The predicted molar refractivity (Wildman–Crippen MR) is 88.0 cm³/mol. The van der Waals surface area contributed by atoms with E-state index in [1.54, 1.807) is 6.07 Å². The number of aryl methyl sites for hydroxylation is 1. The van der Waals surface area contributed by atoms with Crippen molar-refractivity contribution in [2.45, 2.75) is 13.3 Å². The zero-order valence-electron chi connectivity index (χ0n) is 11.5. The van der Waals surface area contributed by atoms with Crippen molar-refractivity contribution in [3.8, 4) is 11.3 Å². The molecule has 0 bridgehead atoms. The Morgan fingerprint density at radius 3 is 2.52 bits per heavy atom. The fourth-order valence-electron chi connectivity index (χ4n) is 2.35. The van der Waals surface area contributed by atoms with Crippen molar-refractivity contribution in [3.05, 3.63) is 75.7 Å². The summed E-state index contributed by atoms with van der Waals surface area (Å²) in [6.45, 7) is 2.03. The quantitative estimate of drug-likeness (QED) is 0.699. The Bertz CT molecular complexity index is 764. The summed E-state index contributed by atoms with van der Waals surface area (Å²) in [6.07, 6.45) is 0.632. The first-order chi connectivity index (χ1) is 10.1. The molecule has 0 fully saturated rings. The van der Waals surface area contributed by atoms with Crippen LogP contribution in [0.4, 0.5) is 0 Å². The van der Waals surface area contributed by atoms with Gasteiger partial charge in [0.25, 0.3) is 0 Å². The number of hydrogen-bond donors (Lipinski definition) is 1. The topological polar surface area (TPSA) is 28.7 Å². The number of nitrogens with one attached hydrogen (secondary N) is 1. The SMILES string of the molecule is Cc1[nH]c(Cc2cccc(Cl)c2Cl)nc1-c1ccccc1. The molecule has 0 aliphatic heterocycles. The van der Waals surface area contributed by atoms with E-state index in [9.17, 15) is 0 Å². The van der Waals surface area contributed by atoms with Gasteiger partial charge in [-0.25, -0.2) is 4.98 Å². The van der Waals surface area contributed by atoms with Gasteiger partial charge in [0.15, 0.2) is 0 Å². The Labute approximate surface area is 133 Å². The average molecular weight is 317 g/mol. The van der Waals surface area contributed by atoms with Crippen molar-refractivity contribution >= 4 is 23.2 Å². The molecule has 2 aromatic carbocycles. The lowest BCUT2D eigenvalue weighted by atomic mass is 10.1. The Morgan fingerprint density at radius 2 is 1.76 bits per heavy atom. The Balaban J connectivity index is 1.93. The van der Waals surface area contributed by atoms with Crippen LogP contribution < -0.4 is 0 Å². The van der Waals surface area contributed by atoms with Crippen molar-refractivity contribution in [2.24, 2.45) is 0 Å². The van der Waals surface area contributed by atoms with Crippen LogP contribution in [0, 0.1) is 6.92 Å². The van der Waals surface area contributed by atoms with Crippen LogP contribution in [-0.2, 0) is 6.42 Å². The molecule has 0 aliphatic rings. The number of halogens is 2. The van der Waals surface area contributed by atoms with Crippen molar-refractivity contribution in [2.75, 3.05) is 0 Å². The fraction of sp³-hybridized carbons (Fsp3) is 0.118. The molecule has 0 saturated heterocycles. The van der Waals surface area contributed by atoms with E-state index in [0.29, 0.717) is 16.5 Å². The third kappa shape index (κ3) is 2.97. The lowest BCUT2D eigenvalue weighted by Crippen LogP contribution is -1.92. The smallest absolute Gasteiger partial charge is 0.111 e. The molecule has 1 aromatic heterocycles. The van der Waals surface area contributed by atoms with Crippen LogP contribution in [-0.4, -0.2) is 9.97 Å². The van der Waals surface area contributed by atoms with Gasteiger partial charge < -0.3 is 4.98 Å². The molecule has 21 heavy (non-hydrogen) atoms. The van der Waals surface area contributed by atoms with Crippen LogP contribution >= 0.6 is 23.2 Å². The Morgan fingerprint density at radius 1 is 1.00 bits per heavy atom. The van der Waals surface area contributed by atoms with E-state index in [2.05, 4.69) is 22.1 Å². The maximum atomic E-state index is 6.23. The number of aromatic nitrogens is 2. The van der Waals surface area contributed by atoms with E-state index in [0.717, 1.165) is 28.3 Å². The number of H-pyrrole nitrogens is 1. The first-order valence-electron chi connectivity index (χ1n) is 6.69. The van der Waals surface area contributed by atoms with Gasteiger partial charge in [-0.3, -0.25) is 0 Å². The molecular weight excluding hydrogens is 303 g/mol. The molecule has 4 heteroatoms. The fourth-order valence-corrected chi connectivity index (χ4v) is 2.74. The number of aromatic amines is 1. The summed E-state index contributed by atoms with van der Waals surface area (Å²) in [4.78, 5) is 8.01. The lowest BCUT2D eigenvalue weighted by Gasteiger charge is -2.03. The predicted octanol–water partition coefficient (Wildman–Crippen LogP) is 5.28. The number of benzene rings is 2. The third-order valence-corrected chi connectivity index (χ3v) is 4.23. The van der Waals surface area contributed by atoms with Gasteiger partial charge in [0, 0.05) is 17.7 Å². The van der Waals surface area contributed by atoms with E-state index in [1.807, 2.05) is 37.3 Å². The van der Waals surface area contributed by atoms with Gasteiger partial charge in [0.05, 0.1) is 15.7 Å². The number of rotatable bonds is 3. The molecule has 0 aliphatic carbocycles. The normalized spacial score (nSPS) is 10.8. The third-order valence-electron chi connectivity index (χ3n) is 3.37. The minimum atomic E-state index is 0.570. The number of hydrogen-bond acceptors (Lipinski definition) is 1. The number of imidazole rings is 1. The van der Waals surface area contributed by atoms with Gasteiger partial charge in [-0.15, -0.1) is 0 Å². The molecule has 3 rings (SSSR count). The molecule has 0 atom stereocenters. The van der Waals surface area contributed by atoms with Gasteiger partial charge in [-0.05, 0) is 18.6 Å². The van der Waals surface area contributed by atoms with Crippen LogP contribution in [0.1, 0.15) is 17.1 Å². The monoisotopic (exact) mass is 316 g/mol. The van der Waals surface area contributed by atoms with Gasteiger partial charge in [-0.1, -0.05) is 65.7 Å². The van der Waals surface area contributed by atoms with Crippen LogP contribution in [0.15, 0.2) is 48.5 Å². The van der Waals surface area contributed by atoms with Crippen molar-refractivity contribution in [1.29, 1.82) is 0 Å². The van der Waals surface area contributed by atoms with Crippen molar-refractivity contribution in [1.82, 2.24) is 9.97 Å².